The third-order valence-corrected chi connectivity index (χ3v) is 4.10. The van der Waals surface area contributed by atoms with Gasteiger partial charge in [0.25, 0.3) is 0 Å². The van der Waals surface area contributed by atoms with Crippen molar-refractivity contribution < 1.29 is 14.3 Å². The zero-order valence-corrected chi connectivity index (χ0v) is 11.0. The van der Waals surface area contributed by atoms with Crippen molar-refractivity contribution in [2.24, 2.45) is 5.18 Å². The molecule has 6 heteroatoms. The first-order valence-corrected chi connectivity index (χ1v) is 6.86. The number of piperidine rings is 1. The van der Waals surface area contributed by atoms with Crippen molar-refractivity contribution in [1.82, 2.24) is 4.90 Å². The quantitative estimate of drug-likeness (QED) is 0.572. The summed E-state index contributed by atoms with van der Waals surface area (Å²) in [5, 5.41) is 3.04. The Balaban J connectivity index is 1.86. The molecular weight excluding hydrogens is 234 g/mol. The monoisotopic (exact) mass is 256 g/mol. The van der Waals surface area contributed by atoms with E-state index in [1.54, 1.807) is 4.90 Å². The summed E-state index contributed by atoms with van der Waals surface area (Å²) in [4.78, 5) is 29.9. The van der Waals surface area contributed by atoms with Gasteiger partial charge in [0, 0.05) is 25.9 Å². The highest BCUT2D eigenvalue weighted by molar-refractivity contribution is 5.67. The third kappa shape index (κ3) is 2.80. The number of quaternary nitrogens is 1. The van der Waals surface area contributed by atoms with Gasteiger partial charge in [-0.2, -0.15) is 4.91 Å². The van der Waals surface area contributed by atoms with Gasteiger partial charge >= 0.3 is 6.09 Å². The average Bonchev–Trinajstić information content (AvgIpc) is 2.88. The topological polar surface area (TPSA) is 59.0 Å². The first-order chi connectivity index (χ1) is 8.69. The molecule has 0 N–H and O–H groups in total. The van der Waals surface area contributed by atoms with Crippen LogP contribution in [-0.4, -0.2) is 54.4 Å². The Morgan fingerprint density at radius 1 is 1.33 bits per heavy atom. The minimum Gasteiger partial charge on any atom is -0.303 e. The molecule has 0 radical (unpaired) electrons. The lowest BCUT2D eigenvalue weighted by molar-refractivity contribution is -1.08. The molecule has 1 amide bonds. The first-order valence-electron chi connectivity index (χ1n) is 6.86. The number of nitroso groups, excluding NO2 is 1. The molecule has 2 saturated heterocycles. The Hall–Kier alpha value is -1.17. The van der Waals surface area contributed by atoms with Gasteiger partial charge in [0.2, 0.25) is 0 Å². The van der Waals surface area contributed by atoms with Gasteiger partial charge in [-0.3, -0.25) is 4.84 Å². The summed E-state index contributed by atoms with van der Waals surface area (Å²) in [6.45, 7) is 5.90. The number of amides is 1. The molecule has 0 atom stereocenters. The summed E-state index contributed by atoms with van der Waals surface area (Å²) in [5.41, 5.74) is 0. The minimum absolute atomic E-state index is 0.129. The van der Waals surface area contributed by atoms with E-state index in [0.29, 0.717) is 30.6 Å². The van der Waals surface area contributed by atoms with E-state index in [1.807, 2.05) is 0 Å². The van der Waals surface area contributed by atoms with Crippen LogP contribution in [-0.2, 0) is 4.84 Å². The van der Waals surface area contributed by atoms with Crippen molar-refractivity contribution in [3.8, 4) is 0 Å². The number of likely N-dealkylation sites (tertiary alicyclic amines) is 2. The zero-order chi connectivity index (χ0) is 13.0. The van der Waals surface area contributed by atoms with Gasteiger partial charge in [-0.25, -0.2) is 4.79 Å². The molecule has 0 bridgehead atoms. The number of carbonyl (C=O) groups excluding carboxylic acids is 1. The highest BCUT2D eigenvalue weighted by Crippen LogP contribution is 2.22. The summed E-state index contributed by atoms with van der Waals surface area (Å²) in [7, 11) is 0. The van der Waals surface area contributed by atoms with E-state index >= 15 is 0 Å². The summed E-state index contributed by atoms with van der Waals surface area (Å²) >= 11 is 0. The molecule has 2 fully saturated rings. The van der Waals surface area contributed by atoms with E-state index in [9.17, 15) is 9.70 Å². The Labute approximate surface area is 107 Å². The summed E-state index contributed by atoms with van der Waals surface area (Å²) < 4.78 is 0.463. The molecule has 2 heterocycles. The van der Waals surface area contributed by atoms with E-state index < -0.39 is 0 Å². The number of hydrogen-bond donors (Lipinski definition) is 0. The van der Waals surface area contributed by atoms with Crippen molar-refractivity contribution in [3.63, 3.8) is 0 Å². The molecule has 0 aromatic rings. The Morgan fingerprint density at radius 2 is 1.94 bits per heavy atom. The molecule has 2 aliphatic heterocycles. The third-order valence-electron chi connectivity index (χ3n) is 4.10. The number of carbonyl (C=O) groups is 1. The fourth-order valence-electron chi connectivity index (χ4n) is 2.76. The van der Waals surface area contributed by atoms with Crippen LogP contribution in [0.5, 0.6) is 0 Å². The van der Waals surface area contributed by atoms with Crippen LogP contribution in [0.2, 0.25) is 0 Å². The highest BCUT2D eigenvalue weighted by atomic mass is 16.8. The van der Waals surface area contributed by atoms with Gasteiger partial charge in [-0.05, 0) is 19.8 Å². The second-order valence-electron chi connectivity index (χ2n) is 5.21. The maximum Gasteiger partial charge on any atom is 0.464 e. The Morgan fingerprint density at radius 3 is 2.44 bits per heavy atom. The van der Waals surface area contributed by atoms with Crippen LogP contribution in [0, 0.1) is 4.91 Å². The molecule has 0 unspecified atom stereocenters. The van der Waals surface area contributed by atoms with Gasteiger partial charge in [0.1, 0.15) is 19.6 Å². The van der Waals surface area contributed by atoms with Gasteiger partial charge in [0.15, 0.2) is 0 Å². The van der Waals surface area contributed by atoms with Crippen LogP contribution in [0.3, 0.4) is 0 Å². The molecule has 18 heavy (non-hydrogen) atoms. The first kappa shape index (κ1) is 13.3. The fourth-order valence-corrected chi connectivity index (χ4v) is 2.76. The van der Waals surface area contributed by atoms with Gasteiger partial charge in [-0.15, -0.1) is 4.65 Å². The molecule has 2 rings (SSSR count). The standard InChI is InChI=1S/C12H22N3O3/c1-2-15(9-3-4-10-15)18-12(16)14-7-5-11(13-17)6-8-14/h11H,2-10H2,1H3/q+1. The van der Waals surface area contributed by atoms with Crippen molar-refractivity contribution in [2.75, 3.05) is 32.7 Å². The van der Waals surface area contributed by atoms with E-state index in [0.717, 1.165) is 32.5 Å². The van der Waals surface area contributed by atoms with Crippen molar-refractivity contribution in [2.45, 2.75) is 38.6 Å². The zero-order valence-electron chi connectivity index (χ0n) is 11.0. The summed E-state index contributed by atoms with van der Waals surface area (Å²) in [6.07, 6.45) is 3.33. The second-order valence-corrected chi connectivity index (χ2v) is 5.21. The maximum absolute atomic E-state index is 12.1. The van der Waals surface area contributed by atoms with Crippen LogP contribution >= 0.6 is 0 Å². The molecule has 0 aromatic carbocycles. The maximum atomic E-state index is 12.1. The molecule has 0 aliphatic carbocycles. The van der Waals surface area contributed by atoms with Crippen LogP contribution < -0.4 is 0 Å². The Bertz CT molecular complexity index is 308. The van der Waals surface area contributed by atoms with Crippen molar-refractivity contribution in [1.29, 1.82) is 0 Å². The highest BCUT2D eigenvalue weighted by Gasteiger charge is 2.37. The van der Waals surface area contributed by atoms with Crippen LogP contribution in [0.1, 0.15) is 32.6 Å². The fraction of sp³-hybridized carbons (Fsp3) is 0.917. The van der Waals surface area contributed by atoms with Crippen molar-refractivity contribution >= 4 is 6.09 Å². The van der Waals surface area contributed by atoms with E-state index in [4.69, 9.17) is 4.84 Å². The summed E-state index contributed by atoms with van der Waals surface area (Å²) in [6, 6.07) is -0.129. The lowest BCUT2D eigenvalue weighted by Crippen LogP contribution is -2.51. The Kier molecular flexibility index (Phi) is 4.16. The predicted molar refractivity (Wildman–Crippen MR) is 66.6 cm³/mol. The molecule has 2 aliphatic rings. The molecule has 6 nitrogen and oxygen atoms in total. The van der Waals surface area contributed by atoms with E-state index in [1.165, 1.54) is 0 Å². The summed E-state index contributed by atoms with van der Waals surface area (Å²) in [5.74, 6) is 0. The van der Waals surface area contributed by atoms with Gasteiger partial charge in [0.05, 0.1) is 6.04 Å². The van der Waals surface area contributed by atoms with E-state index in [-0.39, 0.29) is 12.1 Å². The van der Waals surface area contributed by atoms with Crippen molar-refractivity contribution in [3.05, 3.63) is 4.91 Å². The van der Waals surface area contributed by atoms with E-state index in [2.05, 4.69) is 12.1 Å². The number of nitrogens with zero attached hydrogens (tertiary/aromatic N) is 3. The molecule has 0 aromatic heterocycles. The molecular formula is C12H22N3O3+. The normalized spacial score (nSPS) is 23.9. The number of rotatable bonds is 3. The number of hydrogen-bond acceptors (Lipinski definition) is 4. The van der Waals surface area contributed by atoms with Crippen LogP contribution in [0.4, 0.5) is 4.79 Å². The van der Waals surface area contributed by atoms with Crippen LogP contribution in [0.15, 0.2) is 5.18 Å². The van der Waals surface area contributed by atoms with Crippen LogP contribution in [0.25, 0.3) is 0 Å². The second kappa shape index (κ2) is 5.65. The lowest BCUT2D eigenvalue weighted by Gasteiger charge is -2.33. The predicted octanol–water partition coefficient (Wildman–Crippen LogP) is 1.90. The SMILES string of the molecule is CC[N+]1(OC(=O)N2CCC(N=O)CC2)CCCC1. The smallest absolute Gasteiger partial charge is 0.303 e. The van der Waals surface area contributed by atoms with Gasteiger partial charge in [-0.1, -0.05) is 5.18 Å². The molecule has 102 valence electrons. The van der Waals surface area contributed by atoms with Gasteiger partial charge < -0.3 is 4.90 Å². The largest absolute Gasteiger partial charge is 0.464 e. The lowest BCUT2D eigenvalue weighted by atomic mass is 10.1. The minimum atomic E-state index is -0.233. The molecule has 0 saturated carbocycles. The number of hydroxylamine groups is 3. The molecule has 0 spiro atoms. The average molecular weight is 256 g/mol.